The van der Waals surface area contributed by atoms with Crippen molar-refractivity contribution in [2.24, 2.45) is 0 Å². The van der Waals surface area contributed by atoms with E-state index in [2.05, 4.69) is 0 Å². The standard InChI is InChI=1S/C25H21NO4/c1-17(24(28)26-16-15-18-7-5-6-10-22(18)26)30-25(29)21-13-11-20(12-14-21)23(27)19-8-3-2-4-9-19/h2-14,17H,15-16H2,1H3/t17-/m0/s1. The Balaban J connectivity index is 1.41. The molecule has 0 spiro atoms. The second kappa shape index (κ2) is 8.33. The second-order valence-corrected chi connectivity index (χ2v) is 7.19. The van der Waals surface area contributed by atoms with Crippen LogP contribution in [-0.2, 0) is 16.0 Å². The Kier molecular flexibility index (Phi) is 5.44. The third-order valence-electron chi connectivity index (χ3n) is 5.20. The maximum absolute atomic E-state index is 12.8. The molecule has 0 aliphatic carbocycles. The summed E-state index contributed by atoms with van der Waals surface area (Å²) in [6.45, 7) is 2.16. The van der Waals surface area contributed by atoms with Crippen LogP contribution in [0.4, 0.5) is 5.69 Å². The number of carbonyl (C=O) groups is 3. The molecule has 0 N–H and O–H groups in total. The van der Waals surface area contributed by atoms with Crippen LogP contribution in [0.2, 0.25) is 0 Å². The number of hydrogen-bond donors (Lipinski definition) is 0. The Morgan fingerprint density at radius 3 is 2.13 bits per heavy atom. The molecule has 5 heteroatoms. The van der Waals surface area contributed by atoms with Crippen molar-refractivity contribution in [2.75, 3.05) is 11.4 Å². The monoisotopic (exact) mass is 399 g/mol. The molecule has 0 saturated heterocycles. The number of ether oxygens (including phenoxy) is 1. The largest absolute Gasteiger partial charge is 0.449 e. The lowest BCUT2D eigenvalue weighted by Gasteiger charge is -2.21. The molecule has 1 amide bonds. The van der Waals surface area contributed by atoms with Crippen LogP contribution < -0.4 is 4.90 Å². The Hall–Kier alpha value is -3.73. The second-order valence-electron chi connectivity index (χ2n) is 7.19. The topological polar surface area (TPSA) is 63.7 Å². The minimum atomic E-state index is -0.908. The van der Waals surface area contributed by atoms with Crippen LogP contribution in [0.25, 0.3) is 0 Å². The molecule has 0 aromatic heterocycles. The molecule has 0 radical (unpaired) electrons. The third-order valence-corrected chi connectivity index (χ3v) is 5.20. The van der Waals surface area contributed by atoms with Crippen molar-refractivity contribution in [3.63, 3.8) is 0 Å². The first-order chi connectivity index (χ1) is 14.5. The van der Waals surface area contributed by atoms with Crippen LogP contribution in [0, 0.1) is 0 Å². The molecule has 150 valence electrons. The number of rotatable bonds is 5. The highest BCUT2D eigenvalue weighted by Crippen LogP contribution is 2.28. The van der Waals surface area contributed by atoms with Gasteiger partial charge < -0.3 is 9.64 Å². The number of anilines is 1. The Labute approximate surface area is 174 Å². The normalized spacial score (nSPS) is 13.4. The van der Waals surface area contributed by atoms with E-state index in [0.29, 0.717) is 23.2 Å². The quantitative estimate of drug-likeness (QED) is 0.480. The fraction of sp³-hybridized carbons (Fsp3) is 0.160. The van der Waals surface area contributed by atoms with Gasteiger partial charge in [-0.25, -0.2) is 4.79 Å². The van der Waals surface area contributed by atoms with Crippen LogP contribution >= 0.6 is 0 Å². The third kappa shape index (κ3) is 3.87. The van der Waals surface area contributed by atoms with Crippen molar-refractivity contribution in [2.45, 2.75) is 19.4 Å². The van der Waals surface area contributed by atoms with Crippen LogP contribution in [0.1, 0.15) is 38.8 Å². The van der Waals surface area contributed by atoms with Crippen molar-refractivity contribution in [1.29, 1.82) is 0 Å². The molecule has 3 aromatic rings. The number of nitrogens with zero attached hydrogens (tertiary/aromatic N) is 1. The summed E-state index contributed by atoms with van der Waals surface area (Å²) in [6.07, 6.45) is -0.117. The van der Waals surface area contributed by atoms with Crippen molar-refractivity contribution in [3.8, 4) is 0 Å². The zero-order valence-electron chi connectivity index (χ0n) is 16.6. The summed E-state index contributed by atoms with van der Waals surface area (Å²) in [5.74, 6) is -0.960. The summed E-state index contributed by atoms with van der Waals surface area (Å²) in [6, 6.07) is 22.9. The number of ketones is 1. The van der Waals surface area contributed by atoms with Crippen LogP contribution in [-0.4, -0.2) is 30.3 Å². The van der Waals surface area contributed by atoms with E-state index in [4.69, 9.17) is 4.74 Å². The summed E-state index contributed by atoms with van der Waals surface area (Å²) >= 11 is 0. The minimum absolute atomic E-state index is 0.119. The van der Waals surface area contributed by atoms with Gasteiger partial charge in [-0.15, -0.1) is 0 Å². The van der Waals surface area contributed by atoms with Gasteiger partial charge in [0.15, 0.2) is 11.9 Å². The van der Waals surface area contributed by atoms with Gasteiger partial charge in [-0.2, -0.15) is 0 Å². The van der Waals surface area contributed by atoms with Crippen molar-refractivity contribution < 1.29 is 19.1 Å². The lowest BCUT2D eigenvalue weighted by Crippen LogP contribution is -2.39. The van der Waals surface area contributed by atoms with Gasteiger partial charge in [0.2, 0.25) is 0 Å². The van der Waals surface area contributed by atoms with Crippen molar-refractivity contribution in [1.82, 2.24) is 0 Å². The zero-order valence-corrected chi connectivity index (χ0v) is 16.6. The summed E-state index contributed by atoms with van der Waals surface area (Å²) in [5, 5.41) is 0. The number of esters is 1. The summed E-state index contributed by atoms with van der Waals surface area (Å²) < 4.78 is 5.40. The van der Waals surface area contributed by atoms with E-state index < -0.39 is 12.1 Å². The van der Waals surface area contributed by atoms with E-state index >= 15 is 0 Å². The molecule has 5 nitrogen and oxygen atoms in total. The van der Waals surface area contributed by atoms with Crippen LogP contribution in [0.15, 0.2) is 78.9 Å². The van der Waals surface area contributed by atoms with Gasteiger partial charge in [-0.05, 0) is 37.1 Å². The predicted octanol–water partition coefficient (Wildman–Crippen LogP) is 4.05. The molecule has 0 unspecified atom stereocenters. The van der Waals surface area contributed by atoms with Crippen LogP contribution in [0.5, 0.6) is 0 Å². The number of amides is 1. The average Bonchev–Trinajstić information content (AvgIpc) is 3.23. The molecule has 1 atom stereocenters. The summed E-state index contributed by atoms with van der Waals surface area (Å²) in [5.41, 5.74) is 3.34. The summed E-state index contributed by atoms with van der Waals surface area (Å²) in [7, 11) is 0. The van der Waals surface area contributed by atoms with E-state index in [1.54, 1.807) is 60.4 Å². The molecular weight excluding hydrogens is 378 g/mol. The van der Waals surface area contributed by atoms with Gasteiger partial charge in [0.05, 0.1) is 5.56 Å². The Morgan fingerprint density at radius 1 is 0.800 bits per heavy atom. The minimum Gasteiger partial charge on any atom is -0.449 e. The highest BCUT2D eigenvalue weighted by atomic mass is 16.5. The molecule has 3 aromatic carbocycles. The number of fused-ring (bicyclic) bond motifs is 1. The number of para-hydroxylation sites is 1. The molecule has 0 saturated carbocycles. The smallest absolute Gasteiger partial charge is 0.338 e. The SMILES string of the molecule is C[C@H](OC(=O)c1ccc(C(=O)c2ccccc2)cc1)C(=O)N1CCc2ccccc21. The van der Waals surface area contributed by atoms with E-state index in [1.807, 2.05) is 30.3 Å². The fourth-order valence-corrected chi connectivity index (χ4v) is 3.58. The molecule has 1 heterocycles. The Morgan fingerprint density at radius 2 is 1.40 bits per heavy atom. The first-order valence-corrected chi connectivity index (χ1v) is 9.84. The zero-order chi connectivity index (χ0) is 21.1. The molecule has 0 bridgehead atoms. The van der Waals surface area contributed by atoms with E-state index in [0.717, 1.165) is 17.7 Å². The lowest BCUT2D eigenvalue weighted by molar-refractivity contribution is -0.126. The van der Waals surface area contributed by atoms with Gasteiger partial charge in [0, 0.05) is 23.4 Å². The van der Waals surface area contributed by atoms with E-state index in [1.165, 1.54) is 0 Å². The molecule has 30 heavy (non-hydrogen) atoms. The first kappa shape index (κ1) is 19.6. The lowest BCUT2D eigenvalue weighted by atomic mass is 10.0. The van der Waals surface area contributed by atoms with Gasteiger partial charge in [0.1, 0.15) is 0 Å². The van der Waals surface area contributed by atoms with E-state index in [-0.39, 0.29) is 11.7 Å². The van der Waals surface area contributed by atoms with Gasteiger partial charge in [0.25, 0.3) is 5.91 Å². The molecule has 4 rings (SSSR count). The van der Waals surface area contributed by atoms with Gasteiger partial charge in [-0.1, -0.05) is 60.7 Å². The predicted molar refractivity (Wildman–Crippen MR) is 114 cm³/mol. The maximum atomic E-state index is 12.8. The van der Waals surface area contributed by atoms with Gasteiger partial charge >= 0.3 is 5.97 Å². The number of hydrogen-bond acceptors (Lipinski definition) is 4. The van der Waals surface area contributed by atoms with Crippen molar-refractivity contribution in [3.05, 3.63) is 101 Å². The van der Waals surface area contributed by atoms with Gasteiger partial charge in [-0.3, -0.25) is 9.59 Å². The summed E-state index contributed by atoms with van der Waals surface area (Å²) in [4.78, 5) is 39.4. The van der Waals surface area contributed by atoms with Crippen molar-refractivity contribution >= 4 is 23.3 Å². The molecule has 0 fully saturated rings. The van der Waals surface area contributed by atoms with E-state index in [9.17, 15) is 14.4 Å². The number of benzene rings is 3. The van der Waals surface area contributed by atoms with Crippen LogP contribution in [0.3, 0.4) is 0 Å². The molecule has 1 aliphatic heterocycles. The molecular formula is C25H21NO4. The highest BCUT2D eigenvalue weighted by Gasteiger charge is 2.30. The molecule has 1 aliphatic rings. The average molecular weight is 399 g/mol. The Bertz CT molecular complexity index is 1090. The number of carbonyl (C=O) groups excluding carboxylic acids is 3. The fourth-order valence-electron chi connectivity index (χ4n) is 3.58. The highest BCUT2D eigenvalue weighted by molar-refractivity contribution is 6.09. The maximum Gasteiger partial charge on any atom is 0.338 e. The first-order valence-electron chi connectivity index (χ1n) is 9.84.